The van der Waals surface area contributed by atoms with Crippen molar-refractivity contribution in [3.8, 4) is 0 Å². The van der Waals surface area contributed by atoms with Gasteiger partial charge in [-0.1, -0.05) is 12.1 Å². The van der Waals surface area contributed by atoms with Gasteiger partial charge in [0.05, 0.1) is 11.2 Å². The Morgan fingerprint density at radius 1 is 1.25 bits per heavy atom. The van der Waals surface area contributed by atoms with Crippen molar-refractivity contribution in [2.45, 2.75) is 30.8 Å². The minimum Gasteiger partial charge on any atom is -0.469 e. The molecule has 6 heteroatoms. The number of hydrogen-bond acceptors (Lipinski definition) is 4. The minimum atomic E-state index is -3.52. The van der Waals surface area contributed by atoms with Crippen LogP contribution in [0.4, 0.5) is 0 Å². The van der Waals surface area contributed by atoms with Crippen molar-refractivity contribution in [2.24, 2.45) is 5.73 Å². The Morgan fingerprint density at radius 3 is 2.50 bits per heavy atom. The molecule has 3 N–H and O–H groups in total. The second kappa shape index (κ2) is 6.21. The van der Waals surface area contributed by atoms with Crippen LogP contribution in [-0.4, -0.2) is 14.5 Å². The third-order valence-electron chi connectivity index (χ3n) is 2.91. The van der Waals surface area contributed by atoms with Gasteiger partial charge in [0.1, 0.15) is 5.76 Å². The Balaban J connectivity index is 2.05. The fourth-order valence-electron chi connectivity index (χ4n) is 1.91. The van der Waals surface area contributed by atoms with Crippen molar-refractivity contribution in [3.63, 3.8) is 0 Å². The first-order valence-electron chi connectivity index (χ1n) is 6.35. The highest BCUT2D eigenvalue weighted by molar-refractivity contribution is 7.89. The highest BCUT2D eigenvalue weighted by atomic mass is 32.2. The van der Waals surface area contributed by atoms with Crippen LogP contribution in [0, 0.1) is 0 Å². The third-order valence-corrected chi connectivity index (χ3v) is 4.52. The zero-order valence-corrected chi connectivity index (χ0v) is 12.1. The molecule has 2 aromatic rings. The molecule has 0 aliphatic heterocycles. The smallest absolute Gasteiger partial charge is 0.240 e. The van der Waals surface area contributed by atoms with Crippen molar-refractivity contribution < 1.29 is 12.8 Å². The van der Waals surface area contributed by atoms with Gasteiger partial charge in [0.25, 0.3) is 0 Å². The predicted octanol–water partition coefficient (Wildman–Crippen LogP) is 1.65. The van der Waals surface area contributed by atoms with Crippen LogP contribution in [0.25, 0.3) is 0 Å². The summed E-state index contributed by atoms with van der Waals surface area (Å²) in [6.45, 7) is 2.19. The molecule has 1 atom stereocenters. The Bertz CT molecular complexity index is 634. The van der Waals surface area contributed by atoms with Crippen LogP contribution in [0.5, 0.6) is 0 Å². The molecule has 0 aliphatic rings. The van der Waals surface area contributed by atoms with Gasteiger partial charge in [-0.25, -0.2) is 13.1 Å². The molecule has 0 saturated heterocycles. The third kappa shape index (κ3) is 3.69. The summed E-state index contributed by atoms with van der Waals surface area (Å²) >= 11 is 0. The van der Waals surface area contributed by atoms with E-state index in [1.807, 2.05) is 6.07 Å². The fraction of sp³-hybridized carbons (Fsp3) is 0.286. The Labute approximate surface area is 118 Å². The maximum absolute atomic E-state index is 12.2. The highest BCUT2D eigenvalue weighted by Crippen LogP contribution is 2.12. The van der Waals surface area contributed by atoms with Crippen LogP contribution < -0.4 is 10.5 Å². The molecule has 1 heterocycles. The van der Waals surface area contributed by atoms with Crippen LogP contribution in [0.1, 0.15) is 18.2 Å². The zero-order chi connectivity index (χ0) is 14.6. The Morgan fingerprint density at radius 2 is 1.95 bits per heavy atom. The molecule has 1 aromatic heterocycles. The molecule has 1 unspecified atom stereocenters. The van der Waals surface area contributed by atoms with E-state index in [1.165, 1.54) is 0 Å². The molecular weight excluding hydrogens is 276 g/mol. The SMILES string of the molecule is CC(Cc1ccco1)NS(=O)(=O)c1ccc(CN)cc1. The van der Waals surface area contributed by atoms with Crippen molar-refractivity contribution in [3.05, 3.63) is 54.0 Å². The van der Waals surface area contributed by atoms with Gasteiger partial charge < -0.3 is 10.2 Å². The molecule has 0 fully saturated rings. The van der Waals surface area contributed by atoms with Gasteiger partial charge in [0.15, 0.2) is 0 Å². The molecule has 1 aromatic carbocycles. The lowest BCUT2D eigenvalue weighted by Crippen LogP contribution is -2.34. The van der Waals surface area contributed by atoms with Gasteiger partial charge >= 0.3 is 0 Å². The van der Waals surface area contributed by atoms with Gasteiger partial charge in [0, 0.05) is 19.0 Å². The van der Waals surface area contributed by atoms with E-state index in [9.17, 15) is 8.42 Å². The summed E-state index contributed by atoms with van der Waals surface area (Å²) in [5.74, 6) is 0.749. The molecular formula is C14H18N2O3S. The Kier molecular flexibility index (Phi) is 4.59. The maximum atomic E-state index is 12.2. The molecule has 0 aliphatic carbocycles. The van der Waals surface area contributed by atoms with E-state index >= 15 is 0 Å². The summed E-state index contributed by atoms with van der Waals surface area (Å²) in [6, 6.07) is 9.90. The Hall–Kier alpha value is -1.63. The molecule has 5 nitrogen and oxygen atoms in total. The standard InChI is InChI=1S/C14H18N2O3S/c1-11(9-13-3-2-8-19-13)16-20(17,18)14-6-4-12(10-15)5-7-14/h2-8,11,16H,9-10,15H2,1H3. The van der Waals surface area contributed by atoms with Gasteiger partial charge in [-0.3, -0.25) is 0 Å². The summed E-state index contributed by atoms with van der Waals surface area (Å²) in [5.41, 5.74) is 6.39. The van der Waals surface area contributed by atoms with Gasteiger partial charge in [-0.2, -0.15) is 0 Å². The van der Waals surface area contributed by atoms with E-state index in [4.69, 9.17) is 10.2 Å². The molecule has 0 bridgehead atoms. The number of nitrogens with one attached hydrogen (secondary N) is 1. The second-order valence-electron chi connectivity index (χ2n) is 4.65. The topological polar surface area (TPSA) is 85.3 Å². The van der Waals surface area contributed by atoms with Crippen LogP contribution >= 0.6 is 0 Å². The number of rotatable bonds is 6. The van der Waals surface area contributed by atoms with E-state index in [2.05, 4.69) is 4.72 Å². The first kappa shape index (κ1) is 14.8. The molecule has 20 heavy (non-hydrogen) atoms. The van der Waals surface area contributed by atoms with Gasteiger partial charge in [-0.05, 0) is 36.8 Å². The summed E-state index contributed by atoms with van der Waals surface area (Å²) < 4.78 is 32.2. The number of sulfonamides is 1. The highest BCUT2D eigenvalue weighted by Gasteiger charge is 2.18. The number of hydrogen-bond donors (Lipinski definition) is 2. The first-order valence-corrected chi connectivity index (χ1v) is 7.83. The van der Waals surface area contributed by atoms with E-state index in [0.29, 0.717) is 13.0 Å². The zero-order valence-electron chi connectivity index (χ0n) is 11.2. The lowest BCUT2D eigenvalue weighted by atomic mass is 10.2. The average molecular weight is 294 g/mol. The summed E-state index contributed by atoms with van der Waals surface area (Å²) in [4.78, 5) is 0.237. The fourth-order valence-corrected chi connectivity index (χ4v) is 3.15. The number of nitrogens with two attached hydrogens (primary N) is 1. The van der Waals surface area contributed by atoms with Crippen LogP contribution in [0.2, 0.25) is 0 Å². The average Bonchev–Trinajstić information content (AvgIpc) is 2.91. The molecule has 108 valence electrons. The van der Waals surface area contributed by atoms with Gasteiger partial charge in [0.2, 0.25) is 10.0 Å². The van der Waals surface area contributed by atoms with Crippen molar-refractivity contribution in [2.75, 3.05) is 0 Å². The molecule has 0 radical (unpaired) electrons. The lowest BCUT2D eigenvalue weighted by molar-refractivity contribution is 0.479. The summed E-state index contributed by atoms with van der Waals surface area (Å²) in [5, 5.41) is 0. The molecule has 0 amide bonds. The van der Waals surface area contributed by atoms with Crippen LogP contribution in [-0.2, 0) is 23.0 Å². The number of benzene rings is 1. The maximum Gasteiger partial charge on any atom is 0.240 e. The minimum absolute atomic E-state index is 0.237. The summed E-state index contributed by atoms with van der Waals surface area (Å²) in [7, 11) is -3.52. The predicted molar refractivity (Wildman–Crippen MR) is 76.5 cm³/mol. The monoisotopic (exact) mass is 294 g/mol. The molecule has 0 saturated carbocycles. The quantitative estimate of drug-likeness (QED) is 0.848. The van der Waals surface area contributed by atoms with E-state index in [-0.39, 0.29) is 10.9 Å². The second-order valence-corrected chi connectivity index (χ2v) is 6.37. The van der Waals surface area contributed by atoms with Crippen LogP contribution in [0.15, 0.2) is 52.0 Å². The van der Waals surface area contributed by atoms with Crippen LogP contribution in [0.3, 0.4) is 0 Å². The summed E-state index contributed by atoms with van der Waals surface area (Å²) in [6.07, 6.45) is 2.08. The largest absolute Gasteiger partial charge is 0.469 e. The molecule has 2 rings (SSSR count). The molecule has 0 spiro atoms. The van der Waals surface area contributed by atoms with Crippen molar-refractivity contribution >= 4 is 10.0 Å². The number of furan rings is 1. The van der Waals surface area contributed by atoms with E-state index in [1.54, 1.807) is 43.5 Å². The van der Waals surface area contributed by atoms with E-state index < -0.39 is 10.0 Å². The first-order chi connectivity index (χ1) is 9.51. The van der Waals surface area contributed by atoms with Crippen molar-refractivity contribution in [1.29, 1.82) is 0 Å². The van der Waals surface area contributed by atoms with Crippen molar-refractivity contribution in [1.82, 2.24) is 4.72 Å². The van der Waals surface area contributed by atoms with E-state index in [0.717, 1.165) is 11.3 Å². The normalized spacial score (nSPS) is 13.3. The van der Waals surface area contributed by atoms with Gasteiger partial charge in [-0.15, -0.1) is 0 Å². The lowest BCUT2D eigenvalue weighted by Gasteiger charge is -2.13.